The van der Waals surface area contributed by atoms with Crippen molar-refractivity contribution in [1.29, 1.82) is 0 Å². The molecule has 2 bridgehead atoms. The number of nitro benzene ring substituents is 1. The second kappa shape index (κ2) is 15.9. The van der Waals surface area contributed by atoms with Gasteiger partial charge in [0.15, 0.2) is 11.5 Å². The molecule has 2 heterocycles. The van der Waals surface area contributed by atoms with Crippen LogP contribution in [0.25, 0.3) is 0 Å². The molecule has 0 aromatic heterocycles. The molecular formula is C35H44N6O12. The highest BCUT2D eigenvalue weighted by molar-refractivity contribution is 5.81. The number of nitrogens with one attached hydrogen (secondary N) is 4. The molecule has 6 rings (SSSR count). The Morgan fingerprint density at radius 3 is 2.30 bits per heavy atom. The summed E-state index contributed by atoms with van der Waals surface area (Å²) in [6, 6.07) is 8.62. The third-order valence-corrected chi connectivity index (χ3v) is 10.5. The highest BCUT2D eigenvalue weighted by Crippen LogP contribution is 2.65. The second-order valence-corrected chi connectivity index (χ2v) is 13.7. The molecule has 6 N–H and O–H groups in total. The lowest BCUT2D eigenvalue weighted by atomic mass is 9.48. The molecular weight excluding hydrogens is 696 g/mol. The summed E-state index contributed by atoms with van der Waals surface area (Å²) < 4.78 is 22.2. The standard InChI is InChI=1S/C35H44N6O12/c1-40-13-9-34-31-21-5-6-25(42)32(31)53-33(34)24(7-8-35(34,47)26(40)15-21)39-30(46)20-51-18-28(44)37-11-10-36-27(43)17-50-19-29(45)38-12-14-52-23-4-2-3-22(16-23)41(48)49/h2-6,16,24,26,33,42,47H,7-15,17-20H2,1H3,(H,36,43)(H,37,44)(H,38,45)(H,39,46)/t24-,26+,33-,34-,35+/m0/s1. The quantitative estimate of drug-likeness (QED) is 0.0651. The van der Waals surface area contributed by atoms with Crippen LogP contribution in [0.15, 0.2) is 36.4 Å². The first-order valence-electron chi connectivity index (χ1n) is 17.5. The van der Waals surface area contributed by atoms with E-state index in [0.717, 1.165) is 17.7 Å². The Balaban J connectivity index is 0.835. The number of rotatable bonds is 17. The van der Waals surface area contributed by atoms with E-state index in [1.165, 1.54) is 18.2 Å². The van der Waals surface area contributed by atoms with Gasteiger partial charge in [-0.25, -0.2) is 0 Å². The maximum Gasteiger partial charge on any atom is 0.273 e. The number of hydrogen-bond donors (Lipinski definition) is 6. The highest BCUT2D eigenvalue weighted by Gasteiger charge is 2.72. The molecule has 18 heteroatoms. The first-order chi connectivity index (χ1) is 25.4. The van der Waals surface area contributed by atoms with Crippen molar-refractivity contribution in [3.63, 3.8) is 0 Å². The van der Waals surface area contributed by atoms with Gasteiger partial charge in [-0.1, -0.05) is 12.1 Å². The first kappa shape index (κ1) is 37.7. The van der Waals surface area contributed by atoms with Crippen molar-refractivity contribution >= 4 is 29.3 Å². The Bertz CT molecular complexity index is 1740. The van der Waals surface area contributed by atoms with Gasteiger partial charge in [0.2, 0.25) is 23.6 Å². The lowest BCUT2D eigenvalue weighted by Gasteiger charge is -2.63. The van der Waals surface area contributed by atoms with E-state index in [-0.39, 0.29) is 70.1 Å². The Morgan fingerprint density at radius 2 is 1.62 bits per heavy atom. The average molecular weight is 741 g/mol. The molecule has 5 atom stereocenters. The number of ether oxygens (including phenoxy) is 4. The number of hydrogen-bond acceptors (Lipinski definition) is 13. The van der Waals surface area contributed by atoms with Crippen molar-refractivity contribution in [3.05, 3.63) is 57.6 Å². The second-order valence-electron chi connectivity index (χ2n) is 13.7. The molecule has 0 unspecified atom stereocenters. The Labute approximate surface area is 304 Å². The molecule has 4 aliphatic rings. The molecule has 1 spiro atoms. The van der Waals surface area contributed by atoms with E-state index in [2.05, 4.69) is 26.2 Å². The molecule has 4 amide bonds. The Morgan fingerprint density at radius 1 is 0.962 bits per heavy atom. The predicted molar refractivity (Wildman–Crippen MR) is 184 cm³/mol. The lowest BCUT2D eigenvalue weighted by molar-refractivity contribution is -0.384. The maximum atomic E-state index is 12.9. The number of likely N-dealkylation sites (N-methyl/N-ethyl adjacent to an activating group) is 1. The van der Waals surface area contributed by atoms with Crippen molar-refractivity contribution in [2.75, 3.05) is 66.3 Å². The number of nitrogens with zero attached hydrogens (tertiary/aromatic N) is 2. The number of nitro groups is 1. The van der Waals surface area contributed by atoms with E-state index in [9.17, 15) is 39.5 Å². The van der Waals surface area contributed by atoms with Gasteiger partial charge in [-0.05, 0) is 57.0 Å². The summed E-state index contributed by atoms with van der Waals surface area (Å²) in [5.74, 6) is -1.22. The maximum absolute atomic E-state index is 12.9. The summed E-state index contributed by atoms with van der Waals surface area (Å²) in [6.45, 7) is -0.427. The fraction of sp³-hybridized carbons (Fsp3) is 0.543. The molecule has 2 aromatic rings. The van der Waals surface area contributed by atoms with Crippen molar-refractivity contribution in [1.82, 2.24) is 26.2 Å². The first-order valence-corrected chi connectivity index (χ1v) is 17.5. The van der Waals surface area contributed by atoms with Crippen LogP contribution in [0.3, 0.4) is 0 Å². The van der Waals surface area contributed by atoms with E-state index in [1.54, 1.807) is 12.1 Å². The third-order valence-electron chi connectivity index (χ3n) is 10.5. The molecule has 2 aromatic carbocycles. The number of phenolic OH excluding ortho intramolecular Hbond substituents is 1. The van der Waals surface area contributed by atoms with Gasteiger partial charge >= 0.3 is 0 Å². The minimum absolute atomic E-state index is 0.0161. The number of phenols is 1. The summed E-state index contributed by atoms with van der Waals surface area (Å²) in [7, 11) is 2.01. The number of non-ortho nitro benzene ring substituents is 1. The summed E-state index contributed by atoms with van der Waals surface area (Å²) in [6.07, 6.45) is 1.61. The summed E-state index contributed by atoms with van der Waals surface area (Å²) in [5, 5.41) is 44.4. The van der Waals surface area contributed by atoms with Crippen molar-refractivity contribution in [2.24, 2.45) is 0 Å². The van der Waals surface area contributed by atoms with Crippen LogP contribution in [0, 0.1) is 10.1 Å². The van der Waals surface area contributed by atoms with E-state index in [0.29, 0.717) is 37.2 Å². The largest absolute Gasteiger partial charge is 0.504 e. The van der Waals surface area contributed by atoms with Gasteiger partial charge in [0.1, 0.15) is 44.9 Å². The minimum Gasteiger partial charge on any atom is -0.504 e. The van der Waals surface area contributed by atoms with Crippen molar-refractivity contribution in [2.45, 2.75) is 54.9 Å². The number of carbonyl (C=O) groups is 4. The normalized spacial score (nSPS) is 25.0. The summed E-state index contributed by atoms with van der Waals surface area (Å²) in [5.41, 5.74) is -0.0596. The van der Waals surface area contributed by atoms with E-state index < -0.39 is 51.7 Å². The number of aliphatic hydroxyl groups is 1. The van der Waals surface area contributed by atoms with E-state index >= 15 is 0 Å². The summed E-state index contributed by atoms with van der Waals surface area (Å²) >= 11 is 0. The lowest BCUT2D eigenvalue weighted by Crippen LogP contribution is -2.77. The van der Waals surface area contributed by atoms with Gasteiger partial charge in [-0.15, -0.1) is 0 Å². The number of likely N-dealkylation sites (tertiary alicyclic amines) is 1. The fourth-order valence-electron chi connectivity index (χ4n) is 8.23. The SMILES string of the molecule is CN1CC[C@]23c4c5ccc(O)c4O[C@H]2[C@@H](NC(=O)COCC(=O)NCCNC(=O)COCC(=O)NCCOc2cccc([N+](=O)[O-])c2)CC[C@@]3(O)[C@H]1C5. The van der Waals surface area contributed by atoms with Crippen LogP contribution in [0.5, 0.6) is 17.2 Å². The average Bonchev–Trinajstić information content (AvgIpc) is 3.49. The molecule has 18 nitrogen and oxygen atoms in total. The van der Waals surface area contributed by atoms with Gasteiger partial charge in [-0.3, -0.25) is 29.3 Å². The Kier molecular flexibility index (Phi) is 11.3. The third kappa shape index (κ3) is 7.71. The van der Waals surface area contributed by atoms with Crippen LogP contribution in [-0.4, -0.2) is 134 Å². The number of piperidine rings is 1. The Hall–Kier alpha value is -5.04. The van der Waals surface area contributed by atoms with Crippen molar-refractivity contribution in [3.8, 4) is 17.2 Å². The molecule has 0 radical (unpaired) electrons. The van der Waals surface area contributed by atoms with Crippen LogP contribution in [0.2, 0.25) is 0 Å². The zero-order valence-corrected chi connectivity index (χ0v) is 29.3. The topological polar surface area (TPSA) is 240 Å². The summed E-state index contributed by atoms with van der Waals surface area (Å²) in [4.78, 5) is 61.6. The number of benzene rings is 2. The number of carbonyl (C=O) groups excluding carboxylic acids is 4. The monoisotopic (exact) mass is 740 g/mol. The van der Waals surface area contributed by atoms with Crippen LogP contribution in [0.4, 0.5) is 5.69 Å². The molecule has 2 aliphatic heterocycles. The van der Waals surface area contributed by atoms with Gasteiger partial charge in [0.25, 0.3) is 5.69 Å². The van der Waals surface area contributed by atoms with Gasteiger partial charge < -0.3 is 55.3 Å². The smallest absolute Gasteiger partial charge is 0.273 e. The molecule has 2 fully saturated rings. The predicted octanol–water partition coefficient (Wildman–Crippen LogP) is -0.970. The highest BCUT2D eigenvalue weighted by atomic mass is 16.6. The number of amides is 4. The minimum atomic E-state index is -1.08. The molecule has 1 saturated carbocycles. The fourth-order valence-corrected chi connectivity index (χ4v) is 8.23. The van der Waals surface area contributed by atoms with Gasteiger partial charge in [0, 0.05) is 30.8 Å². The van der Waals surface area contributed by atoms with Gasteiger partial charge in [-0.2, -0.15) is 0 Å². The zero-order valence-electron chi connectivity index (χ0n) is 29.3. The van der Waals surface area contributed by atoms with Crippen LogP contribution >= 0.6 is 0 Å². The van der Waals surface area contributed by atoms with Crippen LogP contribution in [-0.2, 0) is 40.5 Å². The van der Waals surface area contributed by atoms with Crippen LogP contribution < -0.4 is 30.7 Å². The van der Waals surface area contributed by atoms with Crippen molar-refractivity contribution < 1.29 is 53.3 Å². The van der Waals surface area contributed by atoms with Crippen LogP contribution in [0.1, 0.15) is 30.4 Å². The van der Waals surface area contributed by atoms with E-state index in [1.807, 2.05) is 13.1 Å². The molecule has 1 saturated heterocycles. The zero-order chi connectivity index (χ0) is 37.8. The molecule has 2 aliphatic carbocycles. The molecule has 286 valence electrons. The van der Waals surface area contributed by atoms with E-state index in [4.69, 9.17) is 18.9 Å². The number of aromatic hydroxyl groups is 1. The molecule has 53 heavy (non-hydrogen) atoms. The van der Waals surface area contributed by atoms with Gasteiger partial charge in [0.05, 0.1) is 34.6 Å².